The molecule has 1 rings (SSSR count). The predicted octanol–water partition coefficient (Wildman–Crippen LogP) is 0.351. The number of carbonyl (C=O) groups excluding carboxylic acids is 2. The van der Waals surface area contributed by atoms with Gasteiger partial charge in [0.1, 0.15) is 0 Å². The van der Waals surface area contributed by atoms with E-state index in [4.69, 9.17) is 0 Å². The van der Waals surface area contributed by atoms with Crippen molar-refractivity contribution in [2.45, 2.75) is 12.4 Å². The minimum atomic E-state index is -5.39. The van der Waals surface area contributed by atoms with Crippen molar-refractivity contribution >= 4 is 30.7 Å². The Labute approximate surface area is 96.7 Å². The molecule has 88 valence electrons. The first kappa shape index (κ1) is 15.3. The monoisotopic (exact) mass is 243 g/mol. The molecule has 2 unspecified atom stereocenters. The van der Waals surface area contributed by atoms with E-state index in [1.54, 1.807) is 0 Å². The van der Waals surface area contributed by atoms with Gasteiger partial charge in [0.05, 0.1) is 0 Å². The van der Waals surface area contributed by atoms with Crippen LogP contribution in [-0.4, -0.2) is 43.0 Å². The molecular weight excluding hydrogens is 239 g/mol. The summed E-state index contributed by atoms with van der Waals surface area (Å²) in [5, 5.41) is 1.01. The van der Waals surface area contributed by atoms with Crippen LogP contribution in [0.4, 0.5) is 26.3 Å². The molecule has 0 aromatic carbocycles. The maximum atomic E-state index is 12.1. The molecule has 0 aliphatic carbocycles. The molecule has 10 heteroatoms. The molecule has 1 saturated heterocycles. The van der Waals surface area contributed by atoms with E-state index in [0.717, 1.165) is 5.32 Å². The summed E-state index contributed by atoms with van der Waals surface area (Å²) in [6.07, 6.45) is -10.8. The fraction of sp³-hybridized carbons (Fsp3) is 0.667. The summed E-state index contributed by atoms with van der Waals surface area (Å²) in [5.41, 5.74) is 0. The Bertz CT molecular complexity index is 281. The van der Waals surface area contributed by atoms with Crippen molar-refractivity contribution < 1.29 is 35.9 Å². The number of rotatable bonds is 0. The summed E-state index contributed by atoms with van der Waals surface area (Å²) in [4.78, 5) is 21.1. The summed E-state index contributed by atoms with van der Waals surface area (Å²) in [5.74, 6) is -10.6. The summed E-state index contributed by atoms with van der Waals surface area (Å²) in [6.45, 7) is 0. The maximum absolute atomic E-state index is 12.1. The van der Waals surface area contributed by atoms with Gasteiger partial charge in [-0.05, 0) is 0 Å². The van der Waals surface area contributed by atoms with E-state index in [9.17, 15) is 35.9 Å². The number of amides is 2. The van der Waals surface area contributed by atoms with Crippen LogP contribution in [0.2, 0.25) is 0 Å². The van der Waals surface area contributed by atoms with Crippen LogP contribution in [0, 0.1) is 11.8 Å². The fourth-order valence-corrected chi connectivity index (χ4v) is 1.25. The van der Waals surface area contributed by atoms with Crippen LogP contribution in [0.3, 0.4) is 0 Å². The van der Waals surface area contributed by atoms with Crippen molar-refractivity contribution in [1.82, 2.24) is 5.32 Å². The number of imide groups is 1. The van der Waals surface area contributed by atoms with Crippen LogP contribution in [0.25, 0.3) is 0 Å². The van der Waals surface area contributed by atoms with E-state index in [2.05, 4.69) is 0 Å². The molecule has 1 heterocycles. The molecular formula is C6H4F6LiNO2. The van der Waals surface area contributed by atoms with Gasteiger partial charge in [0.2, 0.25) is 11.8 Å². The molecule has 1 fully saturated rings. The van der Waals surface area contributed by atoms with Gasteiger partial charge >= 0.3 is 31.2 Å². The van der Waals surface area contributed by atoms with Crippen LogP contribution >= 0.6 is 0 Å². The first-order valence-corrected chi connectivity index (χ1v) is 3.53. The third kappa shape index (κ3) is 2.71. The molecule has 3 nitrogen and oxygen atoms in total. The normalized spacial score (nSPS) is 26.4. The number of alkyl halides is 6. The van der Waals surface area contributed by atoms with Crippen LogP contribution in [0.5, 0.6) is 0 Å². The number of carbonyl (C=O) groups is 2. The molecule has 0 aromatic heterocycles. The van der Waals surface area contributed by atoms with Gasteiger partial charge in [-0.2, -0.15) is 26.3 Å². The van der Waals surface area contributed by atoms with Crippen LogP contribution in [0.15, 0.2) is 0 Å². The second kappa shape index (κ2) is 4.29. The second-order valence-corrected chi connectivity index (χ2v) is 2.89. The topological polar surface area (TPSA) is 46.2 Å². The zero-order chi connectivity index (χ0) is 12.0. The molecule has 2 atom stereocenters. The molecule has 1 N–H and O–H groups in total. The van der Waals surface area contributed by atoms with Gasteiger partial charge in [-0.3, -0.25) is 14.9 Å². The van der Waals surface area contributed by atoms with E-state index in [1.165, 1.54) is 0 Å². The molecule has 0 bridgehead atoms. The molecule has 1 aliphatic heterocycles. The molecule has 2 amide bonds. The standard InChI is InChI=1S/C6H3F6NO2.Li.H/c7-5(8,9)1-2(6(10,11)12)4(15)13-3(1)14;;/h1-2H,(H,13,14,15);;. The Hall–Kier alpha value is -0.683. The Morgan fingerprint density at radius 1 is 0.812 bits per heavy atom. The first-order valence-electron chi connectivity index (χ1n) is 3.53. The van der Waals surface area contributed by atoms with Gasteiger partial charge in [0.15, 0.2) is 11.8 Å². The van der Waals surface area contributed by atoms with Gasteiger partial charge < -0.3 is 0 Å². The van der Waals surface area contributed by atoms with Gasteiger partial charge in [0.25, 0.3) is 0 Å². The summed E-state index contributed by atoms with van der Waals surface area (Å²) >= 11 is 0. The number of hydrogen-bond acceptors (Lipinski definition) is 2. The number of nitrogens with one attached hydrogen (secondary N) is 1. The van der Waals surface area contributed by atoms with Gasteiger partial charge in [-0.1, -0.05) is 0 Å². The average Bonchev–Trinajstić information content (AvgIpc) is 2.22. The van der Waals surface area contributed by atoms with Crippen molar-refractivity contribution in [2.24, 2.45) is 11.8 Å². The minimum absolute atomic E-state index is 0. The van der Waals surface area contributed by atoms with E-state index in [1.807, 2.05) is 0 Å². The molecule has 1 aliphatic rings. The van der Waals surface area contributed by atoms with Crippen LogP contribution in [-0.2, 0) is 9.59 Å². The summed E-state index contributed by atoms with van der Waals surface area (Å²) in [7, 11) is 0. The molecule has 0 spiro atoms. The predicted molar refractivity (Wildman–Crippen MR) is 39.4 cm³/mol. The Kier molecular flexibility index (Phi) is 4.11. The van der Waals surface area contributed by atoms with Crippen molar-refractivity contribution in [3.05, 3.63) is 0 Å². The van der Waals surface area contributed by atoms with Crippen molar-refractivity contribution in [1.29, 1.82) is 0 Å². The summed E-state index contributed by atoms with van der Waals surface area (Å²) < 4.78 is 72.3. The van der Waals surface area contributed by atoms with Crippen molar-refractivity contribution in [3.8, 4) is 0 Å². The number of hydrogen-bond donors (Lipinski definition) is 1. The SMILES string of the molecule is O=C1NC(=O)C(C(F)(F)F)C1C(F)(F)F.[LiH]. The van der Waals surface area contributed by atoms with Crippen LogP contribution in [0.1, 0.15) is 0 Å². The van der Waals surface area contributed by atoms with E-state index >= 15 is 0 Å². The first-order chi connectivity index (χ1) is 6.55. The van der Waals surface area contributed by atoms with Gasteiger partial charge in [0, 0.05) is 0 Å². The van der Waals surface area contributed by atoms with Gasteiger partial charge in [-0.25, -0.2) is 0 Å². The average molecular weight is 243 g/mol. The molecule has 0 radical (unpaired) electrons. The van der Waals surface area contributed by atoms with Crippen molar-refractivity contribution in [3.63, 3.8) is 0 Å². The summed E-state index contributed by atoms with van der Waals surface area (Å²) in [6, 6.07) is 0. The van der Waals surface area contributed by atoms with E-state index in [-0.39, 0.29) is 18.9 Å². The van der Waals surface area contributed by atoms with E-state index in [0.29, 0.717) is 0 Å². The Balaban J connectivity index is 0.00000225. The zero-order valence-corrected chi connectivity index (χ0v) is 6.74. The molecule has 0 saturated carbocycles. The second-order valence-electron chi connectivity index (χ2n) is 2.89. The third-order valence-corrected chi connectivity index (χ3v) is 1.85. The zero-order valence-electron chi connectivity index (χ0n) is 6.74. The van der Waals surface area contributed by atoms with E-state index < -0.39 is 36.0 Å². The quantitative estimate of drug-likeness (QED) is 0.379. The van der Waals surface area contributed by atoms with Crippen molar-refractivity contribution in [2.75, 3.05) is 0 Å². The Morgan fingerprint density at radius 2 is 1.06 bits per heavy atom. The number of halogens is 6. The fourth-order valence-electron chi connectivity index (χ4n) is 1.25. The Morgan fingerprint density at radius 3 is 1.25 bits per heavy atom. The third-order valence-electron chi connectivity index (χ3n) is 1.85. The van der Waals surface area contributed by atoms with Crippen LogP contribution < -0.4 is 5.32 Å². The molecule has 16 heavy (non-hydrogen) atoms. The molecule has 0 aromatic rings. The van der Waals surface area contributed by atoms with Gasteiger partial charge in [-0.15, -0.1) is 0 Å².